The Morgan fingerprint density at radius 1 is 1.25 bits per heavy atom. The van der Waals surface area contributed by atoms with Gasteiger partial charge >= 0.3 is 5.97 Å². The third-order valence-corrected chi connectivity index (χ3v) is 2.85. The molecule has 0 radical (unpaired) electrons. The summed E-state index contributed by atoms with van der Waals surface area (Å²) in [6.07, 6.45) is 4.39. The number of benzene rings is 1. The molecule has 0 spiro atoms. The van der Waals surface area contributed by atoms with Gasteiger partial charge in [-0.1, -0.05) is 30.3 Å². The lowest BCUT2D eigenvalue weighted by Gasteiger charge is -2.20. The van der Waals surface area contributed by atoms with E-state index >= 15 is 0 Å². The second kappa shape index (κ2) is 6.52. The number of aromatic nitrogens is 1. The van der Waals surface area contributed by atoms with Crippen molar-refractivity contribution in [1.82, 2.24) is 4.98 Å². The maximum atomic E-state index is 10.6. The highest BCUT2D eigenvalue weighted by Crippen LogP contribution is 2.19. The van der Waals surface area contributed by atoms with Crippen LogP contribution in [0.4, 0.5) is 5.82 Å². The van der Waals surface area contributed by atoms with E-state index in [1.807, 2.05) is 48.3 Å². The van der Waals surface area contributed by atoms with E-state index in [9.17, 15) is 4.79 Å². The summed E-state index contributed by atoms with van der Waals surface area (Å²) in [5.41, 5.74) is 1.96. The first-order valence-electron chi connectivity index (χ1n) is 6.28. The number of hydrogen-bond donors (Lipinski definition) is 1. The van der Waals surface area contributed by atoms with Crippen molar-refractivity contribution in [3.05, 3.63) is 65.9 Å². The fourth-order valence-corrected chi connectivity index (χ4v) is 1.95. The molecule has 0 saturated heterocycles. The van der Waals surface area contributed by atoms with Gasteiger partial charge in [-0.25, -0.2) is 9.78 Å². The maximum Gasteiger partial charge on any atom is 0.328 e. The normalized spacial score (nSPS) is 10.7. The predicted molar refractivity (Wildman–Crippen MR) is 79.5 cm³/mol. The lowest BCUT2D eigenvalue weighted by atomic mass is 10.2. The molecule has 102 valence electrons. The van der Waals surface area contributed by atoms with Crippen LogP contribution in [0.5, 0.6) is 0 Å². The van der Waals surface area contributed by atoms with Crippen LogP contribution in [0.1, 0.15) is 11.1 Å². The molecule has 0 bridgehead atoms. The Morgan fingerprint density at radius 2 is 2.00 bits per heavy atom. The van der Waals surface area contributed by atoms with Gasteiger partial charge in [0.1, 0.15) is 5.82 Å². The van der Waals surface area contributed by atoms with Crippen molar-refractivity contribution < 1.29 is 9.90 Å². The molecule has 0 amide bonds. The number of carboxylic acids is 1. The lowest BCUT2D eigenvalue weighted by Crippen LogP contribution is -2.18. The van der Waals surface area contributed by atoms with E-state index in [1.54, 1.807) is 18.3 Å². The lowest BCUT2D eigenvalue weighted by molar-refractivity contribution is -0.131. The molecule has 1 aromatic heterocycles. The Labute approximate surface area is 118 Å². The number of carboxylic acid groups (broad SMARTS) is 1. The molecule has 4 heteroatoms. The molecule has 0 aliphatic rings. The molecular formula is C16H16N2O2. The number of hydrogen-bond acceptors (Lipinski definition) is 3. The first kappa shape index (κ1) is 13.8. The minimum absolute atomic E-state index is 0.714. The second-order valence-corrected chi connectivity index (χ2v) is 4.43. The SMILES string of the molecule is CN(Cc1ccccc1)c1ncccc1/C=C/C(=O)O. The summed E-state index contributed by atoms with van der Waals surface area (Å²) in [6, 6.07) is 13.7. The van der Waals surface area contributed by atoms with Crippen LogP contribution < -0.4 is 4.90 Å². The zero-order valence-electron chi connectivity index (χ0n) is 11.2. The third kappa shape index (κ3) is 3.68. The maximum absolute atomic E-state index is 10.6. The highest BCUT2D eigenvalue weighted by Gasteiger charge is 2.07. The summed E-state index contributed by atoms with van der Waals surface area (Å²) >= 11 is 0. The van der Waals surface area contributed by atoms with E-state index in [4.69, 9.17) is 5.11 Å². The molecule has 4 nitrogen and oxygen atoms in total. The van der Waals surface area contributed by atoms with Gasteiger partial charge in [-0.15, -0.1) is 0 Å². The van der Waals surface area contributed by atoms with E-state index < -0.39 is 5.97 Å². The van der Waals surface area contributed by atoms with Crippen molar-refractivity contribution in [2.75, 3.05) is 11.9 Å². The molecule has 1 aromatic carbocycles. The molecule has 1 N–H and O–H groups in total. The van der Waals surface area contributed by atoms with Gasteiger partial charge in [-0.05, 0) is 23.8 Å². The molecule has 0 atom stereocenters. The van der Waals surface area contributed by atoms with Crippen LogP contribution in [0.15, 0.2) is 54.7 Å². The Kier molecular flexibility index (Phi) is 4.50. The van der Waals surface area contributed by atoms with E-state index in [-0.39, 0.29) is 0 Å². The monoisotopic (exact) mass is 268 g/mol. The number of carbonyl (C=O) groups is 1. The number of nitrogens with zero attached hydrogens (tertiary/aromatic N) is 2. The Bertz CT molecular complexity index is 609. The summed E-state index contributed by atoms with van der Waals surface area (Å²) in [6.45, 7) is 0.714. The van der Waals surface area contributed by atoms with E-state index in [0.29, 0.717) is 6.54 Å². The van der Waals surface area contributed by atoms with Crippen LogP contribution in [0.2, 0.25) is 0 Å². The van der Waals surface area contributed by atoms with Crippen LogP contribution >= 0.6 is 0 Å². The van der Waals surface area contributed by atoms with Crippen molar-refractivity contribution in [2.24, 2.45) is 0 Å². The van der Waals surface area contributed by atoms with Gasteiger partial charge in [0, 0.05) is 31.4 Å². The summed E-state index contributed by atoms with van der Waals surface area (Å²) in [5, 5.41) is 8.72. The standard InChI is InChI=1S/C16H16N2O2/c1-18(12-13-6-3-2-4-7-13)16-14(8-5-11-17-16)9-10-15(19)20/h2-11H,12H2,1H3,(H,19,20)/b10-9+. The van der Waals surface area contributed by atoms with Gasteiger partial charge in [0.05, 0.1) is 0 Å². The molecule has 0 aliphatic heterocycles. The summed E-state index contributed by atoms with van der Waals surface area (Å²) in [7, 11) is 1.94. The van der Waals surface area contributed by atoms with Gasteiger partial charge in [0.2, 0.25) is 0 Å². The van der Waals surface area contributed by atoms with Gasteiger partial charge in [0.15, 0.2) is 0 Å². The van der Waals surface area contributed by atoms with Gasteiger partial charge < -0.3 is 10.0 Å². The Hall–Kier alpha value is -2.62. The molecule has 0 fully saturated rings. The van der Waals surface area contributed by atoms with Crippen molar-refractivity contribution >= 4 is 17.9 Å². The van der Waals surface area contributed by atoms with Crippen molar-refractivity contribution in [2.45, 2.75) is 6.54 Å². The first-order chi connectivity index (χ1) is 9.66. The molecule has 20 heavy (non-hydrogen) atoms. The first-order valence-corrected chi connectivity index (χ1v) is 6.28. The van der Waals surface area contributed by atoms with E-state index in [0.717, 1.165) is 17.5 Å². The zero-order valence-corrected chi connectivity index (χ0v) is 11.2. The molecular weight excluding hydrogens is 252 g/mol. The quantitative estimate of drug-likeness (QED) is 0.847. The van der Waals surface area contributed by atoms with Crippen LogP contribution in [0.3, 0.4) is 0 Å². The van der Waals surface area contributed by atoms with Gasteiger partial charge in [-0.2, -0.15) is 0 Å². The molecule has 0 saturated carbocycles. The number of pyridine rings is 1. The van der Waals surface area contributed by atoms with Crippen molar-refractivity contribution in [3.8, 4) is 0 Å². The van der Waals surface area contributed by atoms with Crippen molar-refractivity contribution in [3.63, 3.8) is 0 Å². The van der Waals surface area contributed by atoms with Crippen LogP contribution in [0.25, 0.3) is 6.08 Å². The number of rotatable bonds is 5. The minimum Gasteiger partial charge on any atom is -0.478 e. The van der Waals surface area contributed by atoms with Gasteiger partial charge in [-0.3, -0.25) is 0 Å². The highest BCUT2D eigenvalue weighted by atomic mass is 16.4. The second-order valence-electron chi connectivity index (χ2n) is 4.43. The van der Waals surface area contributed by atoms with Gasteiger partial charge in [0.25, 0.3) is 0 Å². The molecule has 0 aliphatic carbocycles. The molecule has 2 aromatic rings. The summed E-state index contributed by atoms with van der Waals surface area (Å²) in [5.74, 6) is -0.209. The highest BCUT2D eigenvalue weighted by molar-refractivity contribution is 5.86. The average Bonchev–Trinajstić information content (AvgIpc) is 2.46. The fraction of sp³-hybridized carbons (Fsp3) is 0.125. The summed E-state index contributed by atoms with van der Waals surface area (Å²) < 4.78 is 0. The minimum atomic E-state index is -0.967. The Balaban J connectivity index is 2.21. The van der Waals surface area contributed by atoms with E-state index in [2.05, 4.69) is 4.98 Å². The number of anilines is 1. The molecule has 2 rings (SSSR count). The topological polar surface area (TPSA) is 53.4 Å². The van der Waals surface area contributed by atoms with Crippen LogP contribution in [-0.4, -0.2) is 23.1 Å². The Morgan fingerprint density at radius 3 is 2.70 bits per heavy atom. The van der Waals surface area contributed by atoms with E-state index in [1.165, 1.54) is 5.56 Å². The fourth-order valence-electron chi connectivity index (χ4n) is 1.95. The molecule has 0 unspecified atom stereocenters. The number of aliphatic carboxylic acids is 1. The zero-order chi connectivity index (χ0) is 14.4. The van der Waals surface area contributed by atoms with Crippen molar-refractivity contribution in [1.29, 1.82) is 0 Å². The largest absolute Gasteiger partial charge is 0.478 e. The summed E-state index contributed by atoms with van der Waals surface area (Å²) in [4.78, 5) is 17.0. The molecule has 1 heterocycles. The smallest absolute Gasteiger partial charge is 0.328 e. The average molecular weight is 268 g/mol. The van der Waals surface area contributed by atoms with Crippen LogP contribution in [0, 0.1) is 0 Å². The predicted octanol–water partition coefficient (Wildman–Crippen LogP) is 2.82. The third-order valence-electron chi connectivity index (χ3n) is 2.85. The van der Waals surface area contributed by atoms with Crippen LogP contribution in [-0.2, 0) is 11.3 Å².